The van der Waals surface area contributed by atoms with Crippen LogP contribution in [0, 0.1) is 5.82 Å². The molecule has 1 heterocycles. The van der Waals surface area contributed by atoms with Crippen molar-refractivity contribution in [3.63, 3.8) is 0 Å². The van der Waals surface area contributed by atoms with E-state index in [1.54, 1.807) is 12.1 Å². The molecule has 0 spiro atoms. The quantitative estimate of drug-likeness (QED) is 0.900. The average Bonchev–Trinajstić information content (AvgIpc) is 2.83. The van der Waals surface area contributed by atoms with Gasteiger partial charge >= 0.3 is 0 Å². The van der Waals surface area contributed by atoms with E-state index in [0.717, 1.165) is 15.0 Å². The van der Waals surface area contributed by atoms with Gasteiger partial charge in [0.05, 0.1) is 16.6 Å². The highest BCUT2D eigenvalue weighted by molar-refractivity contribution is 9.10. The summed E-state index contributed by atoms with van der Waals surface area (Å²) in [5.74, 6) is -0.235. The third-order valence-electron chi connectivity index (χ3n) is 3.04. The third-order valence-corrected chi connectivity index (χ3v) is 4.33. The Morgan fingerprint density at radius 1 is 1.35 bits per heavy atom. The molecule has 0 aliphatic heterocycles. The molecule has 1 unspecified atom stereocenters. The number of nitrogens with one attached hydrogen (secondary N) is 1. The van der Waals surface area contributed by atoms with Crippen molar-refractivity contribution in [2.45, 2.75) is 32.2 Å². The number of hydrogen-bond donors (Lipinski definition) is 1. The van der Waals surface area contributed by atoms with E-state index in [-0.39, 0.29) is 17.3 Å². The van der Waals surface area contributed by atoms with Gasteiger partial charge < -0.3 is 5.32 Å². The minimum Gasteiger partial charge on any atom is -0.308 e. The number of benzene rings is 1. The van der Waals surface area contributed by atoms with Crippen LogP contribution in [0.2, 0.25) is 0 Å². The fourth-order valence-corrected chi connectivity index (χ4v) is 3.44. The molecule has 6 heteroatoms. The van der Waals surface area contributed by atoms with E-state index in [1.807, 2.05) is 7.05 Å². The second-order valence-corrected chi connectivity index (χ2v) is 7.32. The van der Waals surface area contributed by atoms with Crippen LogP contribution in [0.1, 0.15) is 42.9 Å². The first-order chi connectivity index (χ1) is 9.34. The zero-order chi connectivity index (χ0) is 14.9. The maximum absolute atomic E-state index is 14.1. The standard InChI is InChI=1S/C14H17BrFN3S/c1-14(2,3)13-12(20-19-18-13)11(17-4)9-7-8(15)5-6-10(9)16/h5-7,11,17H,1-4H3. The molecule has 0 aliphatic rings. The summed E-state index contributed by atoms with van der Waals surface area (Å²) < 4.78 is 19.0. The summed E-state index contributed by atoms with van der Waals surface area (Å²) in [4.78, 5) is 0.956. The molecule has 1 atom stereocenters. The van der Waals surface area contributed by atoms with Crippen LogP contribution >= 0.6 is 27.5 Å². The van der Waals surface area contributed by atoms with E-state index in [2.05, 4.69) is 51.6 Å². The molecular weight excluding hydrogens is 341 g/mol. The van der Waals surface area contributed by atoms with Crippen LogP contribution in [-0.4, -0.2) is 16.6 Å². The summed E-state index contributed by atoms with van der Waals surface area (Å²) in [5.41, 5.74) is 1.37. The van der Waals surface area contributed by atoms with Crippen molar-refractivity contribution < 1.29 is 4.39 Å². The Labute approximate surface area is 130 Å². The van der Waals surface area contributed by atoms with Crippen LogP contribution in [0.3, 0.4) is 0 Å². The molecule has 0 radical (unpaired) electrons. The smallest absolute Gasteiger partial charge is 0.128 e. The van der Waals surface area contributed by atoms with Crippen molar-refractivity contribution in [1.82, 2.24) is 14.9 Å². The van der Waals surface area contributed by atoms with Crippen molar-refractivity contribution in [3.05, 3.63) is 44.6 Å². The number of aromatic nitrogens is 2. The van der Waals surface area contributed by atoms with Crippen LogP contribution in [0.15, 0.2) is 22.7 Å². The molecular formula is C14H17BrFN3S. The van der Waals surface area contributed by atoms with Gasteiger partial charge in [0.1, 0.15) is 5.82 Å². The molecule has 0 aliphatic carbocycles. The summed E-state index contributed by atoms with van der Waals surface area (Å²) in [6.07, 6.45) is 0. The largest absolute Gasteiger partial charge is 0.308 e. The summed E-state index contributed by atoms with van der Waals surface area (Å²) in [5, 5.41) is 7.40. The number of hydrogen-bond acceptors (Lipinski definition) is 4. The van der Waals surface area contributed by atoms with Gasteiger partial charge in [-0.2, -0.15) is 0 Å². The zero-order valence-electron chi connectivity index (χ0n) is 11.9. The average molecular weight is 358 g/mol. The molecule has 1 aromatic heterocycles. The van der Waals surface area contributed by atoms with Crippen molar-refractivity contribution in [3.8, 4) is 0 Å². The summed E-state index contributed by atoms with van der Waals surface area (Å²) >= 11 is 4.71. The minimum atomic E-state index is -0.248. The number of rotatable bonds is 3. The Morgan fingerprint density at radius 2 is 2.05 bits per heavy atom. The second-order valence-electron chi connectivity index (χ2n) is 5.62. The van der Waals surface area contributed by atoms with Gasteiger partial charge in [-0.05, 0) is 36.8 Å². The van der Waals surface area contributed by atoms with Crippen LogP contribution in [0.4, 0.5) is 4.39 Å². The fourth-order valence-electron chi connectivity index (χ4n) is 2.07. The van der Waals surface area contributed by atoms with Crippen LogP contribution in [-0.2, 0) is 5.41 Å². The Kier molecular flexibility index (Phi) is 4.56. The molecule has 0 fully saturated rings. The van der Waals surface area contributed by atoms with Crippen LogP contribution in [0.5, 0.6) is 0 Å². The summed E-state index contributed by atoms with van der Waals surface area (Å²) in [6.45, 7) is 6.24. The number of halogens is 2. The first kappa shape index (κ1) is 15.5. The molecule has 1 aromatic carbocycles. The lowest BCUT2D eigenvalue weighted by Crippen LogP contribution is -2.23. The van der Waals surface area contributed by atoms with Gasteiger partial charge in [-0.1, -0.05) is 41.2 Å². The molecule has 108 valence electrons. The molecule has 0 saturated heterocycles. The van der Waals surface area contributed by atoms with Gasteiger partial charge in [0.2, 0.25) is 0 Å². The monoisotopic (exact) mass is 357 g/mol. The highest BCUT2D eigenvalue weighted by atomic mass is 79.9. The van der Waals surface area contributed by atoms with E-state index in [1.165, 1.54) is 17.6 Å². The van der Waals surface area contributed by atoms with Gasteiger partial charge in [0.15, 0.2) is 0 Å². The lowest BCUT2D eigenvalue weighted by Gasteiger charge is -2.22. The SMILES string of the molecule is CNC(c1cc(Br)ccc1F)c1snnc1C(C)(C)C. The fraction of sp³-hybridized carbons (Fsp3) is 0.429. The molecule has 0 saturated carbocycles. The highest BCUT2D eigenvalue weighted by Gasteiger charge is 2.28. The van der Waals surface area contributed by atoms with Crippen LogP contribution in [0.25, 0.3) is 0 Å². The van der Waals surface area contributed by atoms with E-state index in [0.29, 0.717) is 5.56 Å². The molecule has 2 rings (SSSR count). The predicted octanol–water partition coefficient (Wildman–Crippen LogP) is 4.05. The normalized spacial score (nSPS) is 13.5. The lowest BCUT2D eigenvalue weighted by atomic mass is 9.89. The van der Waals surface area contributed by atoms with Gasteiger partial charge in [-0.15, -0.1) is 5.10 Å². The highest BCUT2D eigenvalue weighted by Crippen LogP contribution is 2.35. The van der Waals surface area contributed by atoms with Gasteiger partial charge in [0.25, 0.3) is 0 Å². The Morgan fingerprint density at radius 3 is 2.65 bits per heavy atom. The van der Waals surface area contributed by atoms with Gasteiger partial charge in [-0.25, -0.2) is 4.39 Å². The predicted molar refractivity (Wildman–Crippen MR) is 83.6 cm³/mol. The van der Waals surface area contributed by atoms with E-state index < -0.39 is 0 Å². The lowest BCUT2D eigenvalue weighted by molar-refractivity contribution is 0.538. The maximum Gasteiger partial charge on any atom is 0.128 e. The Bertz CT molecular complexity index is 607. The number of nitrogens with zero attached hydrogens (tertiary/aromatic N) is 2. The molecule has 0 amide bonds. The van der Waals surface area contributed by atoms with Crippen molar-refractivity contribution >= 4 is 27.5 Å². The second kappa shape index (κ2) is 5.87. The molecule has 2 aromatic rings. The van der Waals surface area contributed by atoms with Crippen LogP contribution < -0.4 is 5.32 Å². The van der Waals surface area contributed by atoms with Crippen molar-refractivity contribution in [1.29, 1.82) is 0 Å². The Hall–Kier alpha value is -0.850. The first-order valence-electron chi connectivity index (χ1n) is 6.29. The molecule has 20 heavy (non-hydrogen) atoms. The maximum atomic E-state index is 14.1. The van der Waals surface area contributed by atoms with E-state index in [9.17, 15) is 4.39 Å². The Balaban J connectivity index is 2.54. The van der Waals surface area contributed by atoms with Gasteiger partial charge in [0, 0.05) is 15.5 Å². The van der Waals surface area contributed by atoms with E-state index in [4.69, 9.17) is 0 Å². The molecule has 3 nitrogen and oxygen atoms in total. The summed E-state index contributed by atoms with van der Waals surface area (Å²) in [6, 6.07) is 4.71. The minimum absolute atomic E-state index is 0.125. The summed E-state index contributed by atoms with van der Waals surface area (Å²) in [7, 11) is 1.82. The van der Waals surface area contributed by atoms with E-state index >= 15 is 0 Å². The zero-order valence-corrected chi connectivity index (χ0v) is 14.3. The van der Waals surface area contributed by atoms with Crippen molar-refractivity contribution in [2.24, 2.45) is 0 Å². The third kappa shape index (κ3) is 3.07. The van der Waals surface area contributed by atoms with Crippen molar-refractivity contribution in [2.75, 3.05) is 7.05 Å². The topological polar surface area (TPSA) is 37.8 Å². The van der Waals surface area contributed by atoms with Gasteiger partial charge in [-0.3, -0.25) is 0 Å². The molecule has 0 bridgehead atoms. The first-order valence-corrected chi connectivity index (χ1v) is 7.86. The molecule has 1 N–H and O–H groups in total.